The fourth-order valence-corrected chi connectivity index (χ4v) is 5.06. The molecule has 2 fully saturated rings. The van der Waals surface area contributed by atoms with Gasteiger partial charge in [-0.15, -0.1) is 0 Å². The summed E-state index contributed by atoms with van der Waals surface area (Å²) in [6.07, 6.45) is 2.59. The van der Waals surface area contributed by atoms with Gasteiger partial charge in [-0.25, -0.2) is 4.39 Å². The van der Waals surface area contributed by atoms with Crippen LogP contribution in [0.3, 0.4) is 0 Å². The van der Waals surface area contributed by atoms with Gasteiger partial charge in [0, 0.05) is 24.1 Å². The molecule has 2 aromatic rings. The number of nitrogens with zero attached hydrogens (tertiary/aromatic N) is 1. The van der Waals surface area contributed by atoms with Crippen LogP contribution in [0.4, 0.5) is 10.1 Å². The Labute approximate surface area is 191 Å². The molecular weight excluding hydrogens is 423 g/mol. The van der Waals surface area contributed by atoms with Crippen LogP contribution in [0.15, 0.2) is 42.5 Å². The molecule has 8 heteroatoms. The molecule has 5 rings (SSSR count). The Morgan fingerprint density at radius 3 is 2.61 bits per heavy atom. The van der Waals surface area contributed by atoms with Gasteiger partial charge in [0.25, 0.3) is 5.91 Å². The van der Waals surface area contributed by atoms with Gasteiger partial charge < -0.3 is 20.9 Å². The van der Waals surface area contributed by atoms with Crippen molar-refractivity contribution < 1.29 is 18.8 Å². The second-order valence-corrected chi connectivity index (χ2v) is 9.00. The first-order chi connectivity index (χ1) is 16.0. The average molecular weight is 451 g/mol. The minimum absolute atomic E-state index is 0.00469. The van der Waals surface area contributed by atoms with Crippen LogP contribution in [0, 0.1) is 11.7 Å². The maximum Gasteiger partial charge on any atom is 0.256 e. The molecule has 3 N–H and O–H groups in total. The van der Waals surface area contributed by atoms with Gasteiger partial charge in [0.2, 0.25) is 11.8 Å². The van der Waals surface area contributed by atoms with Gasteiger partial charge in [0.15, 0.2) is 0 Å². The van der Waals surface area contributed by atoms with Crippen molar-refractivity contribution in [3.05, 3.63) is 53.8 Å². The number of hydrogen-bond acceptors (Lipinski definition) is 4. The Hall–Kier alpha value is -3.26. The molecule has 7 nitrogen and oxygen atoms in total. The molecule has 3 aliphatic rings. The van der Waals surface area contributed by atoms with Crippen molar-refractivity contribution in [3.8, 4) is 11.1 Å². The Bertz CT molecular complexity index is 1100. The van der Waals surface area contributed by atoms with E-state index >= 15 is 0 Å². The molecule has 3 heterocycles. The number of halogens is 1. The summed E-state index contributed by atoms with van der Waals surface area (Å²) in [7, 11) is 0. The van der Waals surface area contributed by atoms with Crippen molar-refractivity contribution >= 4 is 23.4 Å². The van der Waals surface area contributed by atoms with E-state index < -0.39 is 6.04 Å². The van der Waals surface area contributed by atoms with E-state index in [1.165, 1.54) is 6.07 Å². The second kappa shape index (κ2) is 8.94. The molecular formula is C25H27FN4O3. The van der Waals surface area contributed by atoms with E-state index in [1.807, 2.05) is 0 Å². The van der Waals surface area contributed by atoms with Crippen LogP contribution in [0.2, 0.25) is 0 Å². The number of anilines is 1. The lowest BCUT2D eigenvalue weighted by atomic mass is 9.93. The minimum Gasteiger partial charge on any atom is -0.353 e. The molecule has 2 saturated heterocycles. The molecule has 2 unspecified atom stereocenters. The molecule has 2 atom stereocenters. The molecule has 0 aliphatic carbocycles. The van der Waals surface area contributed by atoms with E-state index in [0.29, 0.717) is 41.8 Å². The van der Waals surface area contributed by atoms with Crippen LogP contribution in [-0.2, 0) is 9.59 Å². The number of benzene rings is 2. The topological polar surface area (TPSA) is 90.5 Å². The van der Waals surface area contributed by atoms with Crippen molar-refractivity contribution in [1.29, 1.82) is 0 Å². The molecule has 0 bridgehead atoms. The Kier molecular flexibility index (Phi) is 5.85. The number of carbonyl (C=O) groups excluding carboxylic acids is 3. The molecule has 172 valence electrons. The molecule has 0 spiro atoms. The highest BCUT2D eigenvalue weighted by atomic mass is 19.1. The largest absolute Gasteiger partial charge is 0.353 e. The fourth-order valence-electron chi connectivity index (χ4n) is 5.06. The zero-order valence-electron chi connectivity index (χ0n) is 18.3. The molecule has 0 saturated carbocycles. The highest BCUT2D eigenvalue weighted by molar-refractivity contribution is 6.10. The third-order valence-electron chi connectivity index (χ3n) is 6.92. The van der Waals surface area contributed by atoms with Crippen LogP contribution < -0.4 is 16.0 Å². The van der Waals surface area contributed by atoms with Crippen molar-refractivity contribution in [2.45, 2.75) is 37.8 Å². The second-order valence-electron chi connectivity index (χ2n) is 9.00. The standard InChI is InChI=1S/C25H27FN4O3/c26-20-4-2-1-3-18(20)16-5-6-21-19(13-16)25(33)30-12-9-17(14-22(30)24(32)29-21)28-23(31)15-7-10-27-11-8-15/h1-6,13,15,17,22,27H,7-12,14H2,(H,28,31)(H,29,32). The van der Waals surface area contributed by atoms with Crippen molar-refractivity contribution in [2.24, 2.45) is 5.92 Å². The van der Waals surface area contributed by atoms with Gasteiger partial charge in [-0.2, -0.15) is 0 Å². The van der Waals surface area contributed by atoms with Crippen LogP contribution >= 0.6 is 0 Å². The average Bonchev–Trinajstić information content (AvgIpc) is 2.94. The van der Waals surface area contributed by atoms with Gasteiger partial charge in [-0.3, -0.25) is 14.4 Å². The predicted molar refractivity (Wildman–Crippen MR) is 122 cm³/mol. The highest BCUT2D eigenvalue weighted by Crippen LogP contribution is 2.32. The van der Waals surface area contributed by atoms with E-state index in [0.717, 1.165) is 25.9 Å². The van der Waals surface area contributed by atoms with E-state index in [1.54, 1.807) is 41.3 Å². The summed E-state index contributed by atoms with van der Waals surface area (Å²) in [5.74, 6) is -0.856. The molecule has 3 amide bonds. The first-order valence-electron chi connectivity index (χ1n) is 11.5. The number of piperidine rings is 2. The predicted octanol–water partition coefficient (Wildman–Crippen LogP) is 2.53. The SMILES string of the molecule is O=C(NC1CCN2C(=O)c3cc(-c4ccccc4F)ccc3NC(=O)C2C1)C1CCNCC1. The maximum atomic E-state index is 14.3. The third kappa shape index (κ3) is 4.23. The third-order valence-corrected chi connectivity index (χ3v) is 6.92. The number of carbonyl (C=O) groups is 3. The lowest BCUT2D eigenvalue weighted by Gasteiger charge is -2.38. The minimum atomic E-state index is -0.658. The first kappa shape index (κ1) is 21.6. The Morgan fingerprint density at radius 1 is 1.03 bits per heavy atom. The van der Waals surface area contributed by atoms with Crippen molar-refractivity contribution in [2.75, 3.05) is 25.0 Å². The zero-order chi connectivity index (χ0) is 22.9. The first-order valence-corrected chi connectivity index (χ1v) is 11.5. The Morgan fingerprint density at radius 2 is 1.82 bits per heavy atom. The van der Waals surface area contributed by atoms with E-state index in [-0.39, 0.29) is 35.5 Å². The molecule has 33 heavy (non-hydrogen) atoms. The lowest BCUT2D eigenvalue weighted by molar-refractivity contribution is -0.128. The van der Waals surface area contributed by atoms with Gasteiger partial charge in [-0.05, 0) is 62.5 Å². The normalized spacial score (nSPS) is 23.2. The molecule has 0 aromatic heterocycles. The lowest BCUT2D eigenvalue weighted by Crippen LogP contribution is -2.55. The van der Waals surface area contributed by atoms with E-state index in [4.69, 9.17) is 0 Å². The molecule has 0 radical (unpaired) electrons. The van der Waals surface area contributed by atoms with Crippen LogP contribution in [0.5, 0.6) is 0 Å². The highest BCUT2D eigenvalue weighted by Gasteiger charge is 2.40. The summed E-state index contributed by atoms with van der Waals surface area (Å²) in [5, 5.41) is 9.23. The quantitative estimate of drug-likeness (QED) is 0.670. The Balaban J connectivity index is 1.35. The zero-order valence-corrected chi connectivity index (χ0v) is 18.3. The van der Waals surface area contributed by atoms with Crippen molar-refractivity contribution in [1.82, 2.24) is 15.5 Å². The number of fused-ring (bicyclic) bond motifs is 2. The number of rotatable bonds is 3. The summed E-state index contributed by atoms with van der Waals surface area (Å²) in [6.45, 7) is 2.05. The molecule has 2 aromatic carbocycles. The fraction of sp³-hybridized carbons (Fsp3) is 0.400. The van der Waals surface area contributed by atoms with Gasteiger partial charge in [0.1, 0.15) is 11.9 Å². The van der Waals surface area contributed by atoms with Crippen LogP contribution in [0.1, 0.15) is 36.0 Å². The van der Waals surface area contributed by atoms with Gasteiger partial charge >= 0.3 is 0 Å². The van der Waals surface area contributed by atoms with Gasteiger partial charge in [-0.1, -0.05) is 24.3 Å². The summed E-state index contributed by atoms with van der Waals surface area (Å²) < 4.78 is 14.3. The molecule has 3 aliphatic heterocycles. The number of hydrogen-bond donors (Lipinski definition) is 3. The summed E-state index contributed by atoms with van der Waals surface area (Å²) >= 11 is 0. The monoisotopic (exact) mass is 450 g/mol. The summed E-state index contributed by atoms with van der Waals surface area (Å²) in [6, 6.07) is 10.6. The number of amides is 3. The maximum absolute atomic E-state index is 14.3. The summed E-state index contributed by atoms with van der Waals surface area (Å²) in [5.41, 5.74) is 1.76. The van der Waals surface area contributed by atoms with Crippen LogP contribution in [0.25, 0.3) is 11.1 Å². The van der Waals surface area contributed by atoms with Crippen molar-refractivity contribution in [3.63, 3.8) is 0 Å². The van der Waals surface area contributed by atoms with E-state index in [9.17, 15) is 18.8 Å². The van der Waals surface area contributed by atoms with Crippen LogP contribution in [-0.4, -0.2) is 54.3 Å². The summed E-state index contributed by atoms with van der Waals surface area (Å²) in [4.78, 5) is 40.7. The smallest absolute Gasteiger partial charge is 0.256 e. The van der Waals surface area contributed by atoms with E-state index in [2.05, 4.69) is 16.0 Å². The number of nitrogens with one attached hydrogen (secondary N) is 3. The van der Waals surface area contributed by atoms with Gasteiger partial charge in [0.05, 0.1) is 11.3 Å².